The van der Waals surface area contributed by atoms with Crippen molar-refractivity contribution < 1.29 is 14.3 Å². The molecule has 0 spiro atoms. The first kappa shape index (κ1) is 20.9. The molecule has 3 rings (SSSR count). The topological polar surface area (TPSA) is 70.7 Å². The Hall–Kier alpha value is -2.86. The third kappa shape index (κ3) is 6.06. The molecule has 0 bridgehead atoms. The Labute approximate surface area is 172 Å². The second-order valence-corrected chi connectivity index (χ2v) is 7.66. The number of carbonyl (C=O) groups is 2. The highest BCUT2D eigenvalue weighted by Crippen LogP contribution is 2.15. The lowest BCUT2D eigenvalue weighted by Gasteiger charge is -2.27. The van der Waals surface area contributed by atoms with Gasteiger partial charge >= 0.3 is 6.03 Å². The number of anilines is 1. The molecule has 0 aromatic heterocycles. The summed E-state index contributed by atoms with van der Waals surface area (Å²) >= 11 is 0. The summed E-state index contributed by atoms with van der Waals surface area (Å²) in [7, 11) is 0. The first-order valence-electron chi connectivity index (χ1n) is 10.1. The predicted octanol–water partition coefficient (Wildman–Crippen LogP) is 3.68. The van der Waals surface area contributed by atoms with Crippen molar-refractivity contribution in [1.82, 2.24) is 10.2 Å². The molecule has 29 heavy (non-hydrogen) atoms. The third-order valence-corrected chi connectivity index (χ3v) is 4.85. The van der Waals surface area contributed by atoms with Gasteiger partial charge in [0.05, 0.1) is 13.2 Å². The predicted molar refractivity (Wildman–Crippen MR) is 114 cm³/mol. The summed E-state index contributed by atoms with van der Waals surface area (Å²) < 4.78 is 5.30. The van der Waals surface area contributed by atoms with Crippen molar-refractivity contribution in [2.45, 2.75) is 26.8 Å². The van der Waals surface area contributed by atoms with Crippen molar-refractivity contribution in [2.24, 2.45) is 5.92 Å². The highest BCUT2D eigenvalue weighted by molar-refractivity contribution is 5.97. The molecule has 2 aromatic carbocycles. The number of urea groups is 1. The van der Waals surface area contributed by atoms with Crippen LogP contribution in [-0.4, -0.2) is 43.1 Å². The van der Waals surface area contributed by atoms with Crippen LogP contribution in [0.15, 0.2) is 48.5 Å². The number of benzene rings is 2. The Morgan fingerprint density at radius 1 is 1.03 bits per heavy atom. The summed E-state index contributed by atoms with van der Waals surface area (Å²) in [5, 5.41) is 5.74. The minimum absolute atomic E-state index is 0.0417. The maximum Gasteiger partial charge on any atom is 0.319 e. The zero-order valence-corrected chi connectivity index (χ0v) is 17.1. The molecule has 1 saturated heterocycles. The number of nitrogens with one attached hydrogen (secondary N) is 2. The number of ether oxygens (including phenoxy) is 1. The first-order valence-corrected chi connectivity index (χ1v) is 10.1. The Bertz CT molecular complexity index is 845. The number of hydrogen-bond donors (Lipinski definition) is 2. The van der Waals surface area contributed by atoms with Crippen LogP contribution >= 0.6 is 0 Å². The van der Waals surface area contributed by atoms with Gasteiger partial charge in [-0.3, -0.25) is 4.79 Å². The quantitative estimate of drug-likeness (QED) is 0.784. The van der Waals surface area contributed by atoms with Crippen LogP contribution in [0.1, 0.15) is 35.3 Å². The smallest absolute Gasteiger partial charge is 0.319 e. The summed E-state index contributed by atoms with van der Waals surface area (Å²) in [6.45, 7) is 7.12. The molecule has 0 radical (unpaired) electrons. The number of morpholine rings is 1. The van der Waals surface area contributed by atoms with Crippen LogP contribution in [0, 0.1) is 5.92 Å². The molecule has 1 fully saturated rings. The van der Waals surface area contributed by atoms with Gasteiger partial charge in [-0.1, -0.05) is 44.2 Å². The number of rotatable bonds is 6. The fourth-order valence-electron chi connectivity index (χ4n) is 3.40. The van der Waals surface area contributed by atoms with Gasteiger partial charge in [-0.25, -0.2) is 4.79 Å². The fraction of sp³-hybridized carbons (Fsp3) is 0.391. The van der Waals surface area contributed by atoms with Crippen molar-refractivity contribution >= 4 is 17.6 Å². The minimum atomic E-state index is -0.291. The van der Waals surface area contributed by atoms with Crippen LogP contribution in [0.25, 0.3) is 0 Å². The van der Waals surface area contributed by atoms with Gasteiger partial charge in [0.1, 0.15) is 0 Å². The molecular weight excluding hydrogens is 366 g/mol. The van der Waals surface area contributed by atoms with Crippen LogP contribution < -0.4 is 10.6 Å². The molecule has 1 aliphatic heterocycles. The minimum Gasteiger partial charge on any atom is -0.378 e. The van der Waals surface area contributed by atoms with E-state index in [2.05, 4.69) is 30.5 Å². The Kier molecular flexibility index (Phi) is 7.25. The molecule has 2 N–H and O–H groups in total. The van der Waals surface area contributed by atoms with Gasteiger partial charge in [-0.2, -0.15) is 0 Å². The summed E-state index contributed by atoms with van der Waals surface area (Å²) in [5.74, 6) is 0.511. The summed E-state index contributed by atoms with van der Waals surface area (Å²) in [5.41, 5.74) is 3.53. The molecular formula is C23H29N3O3. The molecule has 154 valence electrons. The number of amides is 3. The van der Waals surface area contributed by atoms with Crippen LogP contribution in [0.4, 0.5) is 10.5 Å². The zero-order valence-electron chi connectivity index (χ0n) is 17.1. The Morgan fingerprint density at radius 2 is 1.76 bits per heavy atom. The monoisotopic (exact) mass is 395 g/mol. The fourth-order valence-corrected chi connectivity index (χ4v) is 3.40. The van der Waals surface area contributed by atoms with E-state index in [0.717, 1.165) is 12.0 Å². The van der Waals surface area contributed by atoms with Crippen LogP contribution in [0.3, 0.4) is 0 Å². The van der Waals surface area contributed by atoms with Crippen molar-refractivity contribution in [1.29, 1.82) is 0 Å². The Morgan fingerprint density at radius 3 is 2.48 bits per heavy atom. The molecule has 0 unspecified atom stereocenters. The number of carbonyl (C=O) groups excluding carboxylic acids is 2. The standard InChI is InChI=1S/C23H29N3O3/c1-17(2)14-18-6-3-4-7-20(18)16-24-23(28)25-21-9-5-8-19(15-21)22(27)26-10-12-29-13-11-26/h3-9,15,17H,10-14,16H2,1-2H3,(H2,24,25,28). The Balaban J connectivity index is 1.58. The first-order chi connectivity index (χ1) is 14.0. The van der Waals surface area contributed by atoms with Gasteiger partial charge in [0.15, 0.2) is 0 Å². The SMILES string of the molecule is CC(C)Cc1ccccc1CNC(=O)Nc1cccc(C(=O)N2CCOCC2)c1. The molecule has 2 aromatic rings. The van der Waals surface area contributed by atoms with Crippen molar-refractivity contribution in [3.8, 4) is 0 Å². The molecule has 6 nitrogen and oxygen atoms in total. The average molecular weight is 396 g/mol. The van der Waals surface area contributed by atoms with E-state index in [4.69, 9.17) is 4.74 Å². The number of hydrogen-bond acceptors (Lipinski definition) is 3. The van der Waals surface area contributed by atoms with Gasteiger partial charge in [0, 0.05) is 30.9 Å². The molecule has 0 saturated carbocycles. The highest BCUT2D eigenvalue weighted by Gasteiger charge is 2.18. The molecule has 1 aliphatic rings. The van der Waals surface area contributed by atoms with Crippen molar-refractivity contribution in [2.75, 3.05) is 31.6 Å². The van der Waals surface area contributed by atoms with Crippen molar-refractivity contribution in [3.63, 3.8) is 0 Å². The van der Waals surface area contributed by atoms with Gasteiger partial charge in [-0.15, -0.1) is 0 Å². The van der Waals surface area contributed by atoms with Crippen LogP contribution in [0.2, 0.25) is 0 Å². The highest BCUT2D eigenvalue weighted by atomic mass is 16.5. The van der Waals surface area contributed by atoms with E-state index in [0.29, 0.717) is 50.0 Å². The lowest BCUT2D eigenvalue weighted by Crippen LogP contribution is -2.40. The molecule has 0 atom stereocenters. The normalized spacial score (nSPS) is 14.0. The molecule has 1 heterocycles. The summed E-state index contributed by atoms with van der Waals surface area (Å²) in [6, 6.07) is 14.9. The summed E-state index contributed by atoms with van der Waals surface area (Å²) in [4.78, 5) is 26.8. The van der Waals surface area contributed by atoms with E-state index in [1.165, 1.54) is 5.56 Å². The van der Waals surface area contributed by atoms with Gasteiger partial charge in [-0.05, 0) is 41.7 Å². The van der Waals surface area contributed by atoms with E-state index in [9.17, 15) is 9.59 Å². The van der Waals surface area contributed by atoms with Gasteiger partial charge < -0.3 is 20.3 Å². The second kappa shape index (κ2) is 10.1. The van der Waals surface area contributed by atoms with Crippen LogP contribution in [0.5, 0.6) is 0 Å². The van der Waals surface area contributed by atoms with E-state index < -0.39 is 0 Å². The van der Waals surface area contributed by atoms with Crippen LogP contribution in [-0.2, 0) is 17.7 Å². The zero-order chi connectivity index (χ0) is 20.6. The maximum absolute atomic E-state index is 12.6. The van der Waals surface area contributed by atoms with E-state index in [-0.39, 0.29) is 11.9 Å². The molecule has 0 aliphatic carbocycles. The van der Waals surface area contributed by atoms with Gasteiger partial charge in [0.25, 0.3) is 5.91 Å². The third-order valence-electron chi connectivity index (χ3n) is 4.85. The lowest BCUT2D eigenvalue weighted by atomic mass is 9.98. The molecule has 3 amide bonds. The average Bonchev–Trinajstić information content (AvgIpc) is 2.73. The number of nitrogens with zero attached hydrogens (tertiary/aromatic N) is 1. The van der Waals surface area contributed by atoms with Gasteiger partial charge in [0.2, 0.25) is 0 Å². The molecule has 6 heteroatoms. The van der Waals surface area contributed by atoms with E-state index in [1.807, 2.05) is 18.2 Å². The maximum atomic E-state index is 12.6. The summed E-state index contributed by atoms with van der Waals surface area (Å²) in [6.07, 6.45) is 0.977. The lowest BCUT2D eigenvalue weighted by molar-refractivity contribution is 0.0303. The van der Waals surface area contributed by atoms with Crippen molar-refractivity contribution in [3.05, 3.63) is 65.2 Å². The van der Waals surface area contributed by atoms with E-state index in [1.54, 1.807) is 29.2 Å². The second-order valence-electron chi connectivity index (χ2n) is 7.66. The largest absolute Gasteiger partial charge is 0.378 e. The van der Waals surface area contributed by atoms with E-state index >= 15 is 0 Å².